The molecule has 0 unspecified atom stereocenters. The van der Waals surface area contributed by atoms with E-state index in [1.54, 1.807) is 4.90 Å². The highest BCUT2D eigenvalue weighted by Crippen LogP contribution is 2.25. The van der Waals surface area contributed by atoms with Crippen LogP contribution in [0.4, 0.5) is 5.13 Å². The van der Waals surface area contributed by atoms with E-state index in [4.69, 9.17) is 5.73 Å². The molecule has 14 heavy (non-hydrogen) atoms. The summed E-state index contributed by atoms with van der Waals surface area (Å²) in [6, 6.07) is 0. The molecule has 0 radical (unpaired) electrons. The molecule has 1 amide bonds. The maximum absolute atomic E-state index is 11.4. The number of nitrogens with zero attached hydrogens (tertiary/aromatic N) is 2. The first-order valence-corrected chi connectivity index (χ1v) is 5.64. The molecule has 2 heterocycles. The van der Waals surface area contributed by atoms with E-state index >= 15 is 0 Å². The zero-order valence-electron chi connectivity index (χ0n) is 7.90. The number of amides is 1. The Morgan fingerprint density at radius 2 is 2.50 bits per heavy atom. The van der Waals surface area contributed by atoms with E-state index in [2.05, 4.69) is 4.98 Å². The lowest BCUT2D eigenvalue weighted by Crippen LogP contribution is -2.23. The molecule has 0 saturated carbocycles. The van der Waals surface area contributed by atoms with Gasteiger partial charge in [0.05, 0.1) is 5.69 Å². The van der Waals surface area contributed by atoms with Crippen molar-refractivity contribution in [2.75, 3.05) is 18.0 Å². The van der Waals surface area contributed by atoms with E-state index in [9.17, 15) is 4.79 Å². The molecule has 1 aromatic rings. The van der Waals surface area contributed by atoms with Crippen LogP contribution in [0.5, 0.6) is 0 Å². The van der Waals surface area contributed by atoms with E-state index in [0.717, 1.165) is 30.2 Å². The molecule has 0 spiro atoms. The Morgan fingerprint density at radius 3 is 3.14 bits per heavy atom. The molecule has 0 atom stereocenters. The lowest BCUT2D eigenvalue weighted by molar-refractivity contribution is -0.117. The van der Waals surface area contributed by atoms with E-state index in [-0.39, 0.29) is 5.91 Å². The molecule has 1 saturated heterocycles. The maximum atomic E-state index is 11.4. The van der Waals surface area contributed by atoms with Crippen molar-refractivity contribution in [1.82, 2.24) is 4.98 Å². The van der Waals surface area contributed by atoms with Crippen molar-refractivity contribution in [3.63, 3.8) is 0 Å². The highest BCUT2D eigenvalue weighted by molar-refractivity contribution is 7.14. The number of carbonyl (C=O) groups excluding carboxylic acids is 1. The van der Waals surface area contributed by atoms with Gasteiger partial charge in [-0.05, 0) is 13.0 Å². The number of hydrogen-bond donors (Lipinski definition) is 1. The summed E-state index contributed by atoms with van der Waals surface area (Å²) in [7, 11) is 0. The molecular formula is C9H13N3OS. The second-order valence-electron chi connectivity index (χ2n) is 3.31. The van der Waals surface area contributed by atoms with Gasteiger partial charge in [0, 0.05) is 24.8 Å². The third-order valence-electron chi connectivity index (χ3n) is 2.24. The highest BCUT2D eigenvalue weighted by Gasteiger charge is 2.23. The minimum Gasteiger partial charge on any atom is -0.330 e. The van der Waals surface area contributed by atoms with E-state index in [1.165, 1.54) is 11.3 Å². The largest absolute Gasteiger partial charge is 0.330 e. The number of anilines is 1. The molecule has 1 aromatic heterocycles. The van der Waals surface area contributed by atoms with Gasteiger partial charge >= 0.3 is 0 Å². The lowest BCUT2D eigenvalue weighted by atomic mass is 10.3. The van der Waals surface area contributed by atoms with Crippen LogP contribution in [-0.2, 0) is 11.2 Å². The third-order valence-corrected chi connectivity index (χ3v) is 3.16. The summed E-state index contributed by atoms with van der Waals surface area (Å²) >= 11 is 1.53. The second-order valence-corrected chi connectivity index (χ2v) is 4.15. The van der Waals surface area contributed by atoms with Crippen molar-refractivity contribution in [3.8, 4) is 0 Å². The van der Waals surface area contributed by atoms with Gasteiger partial charge in [0.2, 0.25) is 5.91 Å². The average molecular weight is 211 g/mol. The van der Waals surface area contributed by atoms with Crippen LogP contribution in [0.2, 0.25) is 0 Å². The fourth-order valence-corrected chi connectivity index (χ4v) is 2.44. The van der Waals surface area contributed by atoms with Crippen LogP contribution in [-0.4, -0.2) is 24.0 Å². The standard InChI is InChI=1S/C9H13N3OS/c10-4-3-7-6-14-9(11-7)12-5-1-2-8(12)13/h6H,1-5,10H2. The molecule has 76 valence electrons. The first-order chi connectivity index (χ1) is 6.81. The first kappa shape index (κ1) is 9.61. The number of rotatable bonds is 3. The van der Waals surface area contributed by atoms with Crippen LogP contribution in [0.25, 0.3) is 0 Å². The summed E-state index contributed by atoms with van der Waals surface area (Å²) in [5.74, 6) is 0.193. The lowest BCUT2D eigenvalue weighted by Gasteiger charge is -2.10. The van der Waals surface area contributed by atoms with Crippen LogP contribution in [0.15, 0.2) is 5.38 Å². The van der Waals surface area contributed by atoms with Crippen LogP contribution >= 0.6 is 11.3 Å². The van der Waals surface area contributed by atoms with Gasteiger partial charge in [-0.25, -0.2) is 4.98 Å². The first-order valence-electron chi connectivity index (χ1n) is 4.76. The van der Waals surface area contributed by atoms with Gasteiger partial charge in [-0.15, -0.1) is 11.3 Å². The predicted octanol–water partition coefficient (Wildman–Crippen LogP) is 0.771. The number of nitrogens with two attached hydrogens (primary N) is 1. The fraction of sp³-hybridized carbons (Fsp3) is 0.556. The second kappa shape index (κ2) is 4.06. The molecule has 5 heteroatoms. The number of hydrogen-bond acceptors (Lipinski definition) is 4. The van der Waals surface area contributed by atoms with Gasteiger partial charge in [0.15, 0.2) is 5.13 Å². The molecule has 1 aliphatic heterocycles. The topological polar surface area (TPSA) is 59.2 Å². The van der Waals surface area contributed by atoms with Gasteiger partial charge in [-0.1, -0.05) is 0 Å². The van der Waals surface area contributed by atoms with Crippen molar-refractivity contribution in [3.05, 3.63) is 11.1 Å². The van der Waals surface area contributed by atoms with Crippen LogP contribution in [0.1, 0.15) is 18.5 Å². The van der Waals surface area contributed by atoms with E-state index in [0.29, 0.717) is 13.0 Å². The fourth-order valence-electron chi connectivity index (χ4n) is 1.53. The smallest absolute Gasteiger partial charge is 0.228 e. The minimum atomic E-state index is 0.193. The highest BCUT2D eigenvalue weighted by atomic mass is 32.1. The summed E-state index contributed by atoms with van der Waals surface area (Å²) in [4.78, 5) is 17.6. The molecular weight excluding hydrogens is 198 g/mol. The molecule has 0 aliphatic carbocycles. The van der Waals surface area contributed by atoms with Crippen molar-refractivity contribution < 1.29 is 4.79 Å². The van der Waals surface area contributed by atoms with Crippen molar-refractivity contribution in [2.45, 2.75) is 19.3 Å². The molecule has 4 nitrogen and oxygen atoms in total. The van der Waals surface area contributed by atoms with E-state index < -0.39 is 0 Å². The number of thiazole rings is 1. The minimum absolute atomic E-state index is 0.193. The summed E-state index contributed by atoms with van der Waals surface area (Å²) in [6.07, 6.45) is 2.40. The molecule has 1 aliphatic rings. The Labute approximate surface area is 86.7 Å². The Balaban J connectivity index is 2.12. The van der Waals surface area contributed by atoms with Crippen molar-refractivity contribution in [1.29, 1.82) is 0 Å². The number of carbonyl (C=O) groups is 1. The van der Waals surface area contributed by atoms with Crippen LogP contribution < -0.4 is 10.6 Å². The van der Waals surface area contributed by atoms with Crippen molar-refractivity contribution >= 4 is 22.4 Å². The predicted molar refractivity (Wildman–Crippen MR) is 56.5 cm³/mol. The number of aromatic nitrogens is 1. The molecule has 2 rings (SSSR count). The van der Waals surface area contributed by atoms with Gasteiger partial charge in [-0.2, -0.15) is 0 Å². The maximum Gasteiger partial charge on any atom is 0.228 e. The molecule has 0 aromatic carbocycles. The zero-order chi connectivity index (χ0) is 9.97. The third kappa shape index (κ3) is 1.78. The Morgan fingerprint density at radius 1 is 1.64 bits per heavy atom. The molecule has 2 N–H and O–H groups in total. The van der Waals surface area contributed by atoms with Gasteiger partial charge < -0.3 is 5.73 Å². The van der Waals surface area contributed by atoms with Gasteiger partial charge in [0.1, 0.15) is 0 Å². The normalized spacial score (nSPS) is 16.6. The Bertz CT molecular complexity index is 337. The van der Waals surface area contributed by atoms with Crippen LogP contribution in [0, 0.1) is 0 Å². The SMILES string of the molecule is NCCc1csc(N2CCCC2=O)n1. The molecule has 1 fully saturated rings. The summed E-state index contributed by atoms with van der Waals surface area (Å²) in [6.45, 7) is 1.42. The summed E-state index contributed by atoms with van der Waals surface area (Å²) in [5.41, 5.74) is 6.43. The molecule has 0 bridgehead atoms. The Kier molecular flexibility index (Phi) is 2.79. The summed E-state index contributed by atoms with van der Waals surface area (Å²) < 4.78 is 0. The quantitative estimate of drug-likeness (QED) is 0.803. The van der Waals surface area contributed by atoms with Gasteiger partial charge in [-0.3, -0.25) is 9.69 Å². The summed E-state index contributed by atoms with van der Waals surface area (Å²) in [5, 5.41) is 2.81. The zero-order valence-corrected chi connectivity index (χ0v) is 8.72. The van der Waals surface area contributed by atoms with Crippen molar-refractivity contribution in [2.24, 2.45) is 5.73 Å². The Hall–Kier alpha value is -0.940. The van der Waals surface area contributed by atoms with Crippen LogP contribution in [0.3, 0.4) is 0 Å². The van der Waals surface area contributed by atoms with Gasteiger partial charge in [0.25, 0.3) is 0 Å². The monoisotopic (exact) mass is 211 g/mol. The average Bonchev–Trinajstić information content (AvgIpc) is 2.74. The van der Waals surface area contributed by atoms with E-state index in [1.807, 2.05) is 5.38 Å².